The summed E-state index contributed by atoms with van der Waals surface area (Å²) in [7, 11) is 0. The maximum Gasteiger partial charge on any atom is 0.170 e. The van der Waals surface area contributed by atoms with Crippen LogP contribution in [-0.2, 0) is 0 Å². The van der Waals surface area contributed by atoms with E-state index < -0.39 is 0 Å². The van der Waals surface area contributed by atoms with E-state index in [1.807, 2.05) is 25.1 Å². The van der Waals surface area contributed by atoms with Crippen molar-refractivity contribution < 1.29 is 9.53 Å². The van der Waals surface area contributed by atoms with Gasteiger partial charge >= 0.3 is 0 Å². The van der Waals surface area contributed by atoms with Crippen LogP contribution in [0.15, 0.2) is 18.2 Å². The second-order valence-electron chi connectivity index (χ2n) is 5.62. The molecule has 0 aromatic heterocycles. The molecule has 2 atom stereocenters. The summed E-state index contributed by atoms with van der Waals surface area (Å²) in [5.74, 6) is 1.36. The predicted octanol–water partition coefficient (Wildman–Crippen LogP) is 2.33. The van der Waals surface area contributed by atoms with Gasteiger partial charge in [-0.3, -0.25) is 4.79 Å². The Kier molecular flexibility index (Phi) is 2.67. The highest BCUT2D eigenvalue weighted by molar-refractivity contribution is 6.00. The molecule has 0 amide bonds. The molecule has 2 heterocycles. The zero-order chi connectivity index (χ0) is 12.8. The summed E-state index contributed by atoms with van der Waals surface area (Å²) in [6.45, 7) is 6.02. The topological polar surface area (TPSA) is 38.3 Å². The normalized spacial score (nSPS) is 31.0. The monoisotopic (exact) mass is 245 g/mol. The SMILES string of the molecule is Cc1ccc2c(c1)C(=O)CC1(CCNCC1C)O2. The van der Waals surface area contributed by atoms with E-state index in [1.54, 1.807) is 0 Å². The van der Waals surface area contributed by atoms with Gasteiger partial charge in [0.15, 0.2) is 5.78 Å². The van der Waals surface area contributed by atoms with Crippen LogP contribution in [0.1, 0.15) is 35.7 Å². The number of rotatable bonds is 0. The van der Waals surface area contributed by atoms with Crippen LogP contribution in [0.5, 0.6) is 5.75 Å². The van der Waals surface area contributed by atoms with Crippen molar-refractivity contribution in [3.63, 3.8) is 0 Å². The van der Waals surface area contributed by atoms with E-state index in [2.05, 4.69) is 12.2 Å². The lowest BCUT2D eigenvalue weighted by molar-refractivity contribution is -0.0188. The highest BCUT2D eigenvalue weighted by Crippen LogP contribution is 2.40. The fraction of sp³-hybridized carbons (Fsp3) is 0.533. The number of ether oxygens (including phenoxy) is 1. The summed E-state index contributed by atoms with van der Waals surface area (Å²) >= 11 is 0. The van der Waals surface area contributed by atoms with Gasteiger partial charge in [-0.2, -0.15) is 0 Å². The van der Waals surface area contributed by atoms with E-state index in [9.17, 15) is 4.79 Å². The molecule has 2 aliphatic rings. The highest BCUT2D eigenvalue weighted by Gasteiger charge is 2.45. The lowest BCUT2D eigenvalue weighted by Gasteiger charge is -2.45. The molecule has 0 saturated carbocycles. The van der Waals surface area contributed by atoms with Crippen LogP contribution in [0.2, 0.25) is 0 Å². The fourth-order valence-corrected chi connectivity index (χ4v) is 3.04. The summed E-state index contributed by atoms with van der Waals surface area (Å²) in [5.41, 5.74) is 1.58. The summed E-state index contributed by atoms with van der Waals surface area (Å²) in [6.07, 6.45) is 1.43. The van der Waals surface area contributed by atoms with Crippen LogP contribution in [0.25, 0.3) is 0 Å². The maximum absolute atomic E-state index is 12.4. The van der Waals surface area contributed by atoms with Gasteiger partial charge in [-0.05, 0) is 25.6 Å². The minimum Gasteiger partial charge on any atom is -0.486 e. The van der Waals surface area contributed by atoms with Crippen molar-refractivity contribution in [1.29, 1.82) is 0 Å². The van der Waals surface area contributed by atoms with Crippen molar-refractivity contribution in [3.05, 3.63) is 29.3 Å². The largest absolute Gasteiger partial charge is 0.486 e. The Morgan fingerprint density at radius 1 is 1.44 bits per heavy atom. The Morgan fingerprint density at radius 2 is 2.28 bits per heavy atom. The van der Waals surface area contributed by atoms with E-state index in [1.165, 1.54) is 0 Å². The van der Waals surface area contributed by atoms with Gasteiger partial charge < -0.3 is 10.1 Å². The van der Waals surface area contributed by atoms with Gasteiger partial charge in [-0.25, -0.2) is 0 Å². The molecule has 18 heavy (non-hydrogen) atoms. The summed E-state index contributed by atoms with van der Waals surface area (Å²) in [5, 5.41) is 3.36. The maximum atomic E-state index is 12.4. The molecule has 0 radical (unpaired) electrons. The van der Waals surface area contributed by atoms with Crippen molar-refractivity contribution in [2.24, 2.45) is 5.92 Å². The second kappa shape index (κ2) is 4.09. The standard InChI is InChI=1S/C15H19NO2/c1-10-3-4-14-12(7-10)13(17)8-15(18-14)5-6-16-9-11(15)2/h3-4,7,11,16H,5-6,8-9H2,1-2H3. The molecule has 3 nitrogen and oxygen atoms in total. The van der Waals surface area contributed by atoms with E-state index in [0.717, 1.165) is 36.4 Å². The number of hydrogen-bond acceptors (Lipinski definition) is 3. The van der Waals surface area contributed by atoms with Crippen LogP contribution >= 0.6 is 0 Å². The van der Waals surface area contributed by atoms with Crippen LogP contribution in [0.4, 0.5) is 0 Å². The third-order valence-corrected chi connectivity index (χ3v) is 4.28. The molecule has 96 valence electrons. The molecule has 3 heteroatoms. The van der Waals surface area contributed by atoms with Gasteiger partial charge in [0.05, 0.1) is 12.0 Å². The summed E-state index contributed by atoms with van der Waals surface area (Å²) in [4.78, 5) is 12.4. The first-order valence-electron chi connectivity index (χ1n) is 6.64. The summed E-state index contributed by atoms with van der Waals surface area (Å²) < 4.78 is 6.24. The summed E-state index contributed by atoms with van der Waals surface area (Å²) in [6, 6.07) is 5.89. The average Bonchev–Trinajstić information content (AvgIpc) is 2.34. The molecular weight excluding hydrogens is 226 g/mol. The fourth-order valence-electron chi connectivity index (χ4n) is 3.04. The van der Waals surface area contributed by atoms with Crippen molar-refractivity contribution in [1.82, 2.24) is 5.32 Å². The first-order chi connectivity index (χ1) is 8.61. The average molecular weight is 245 g/mol. The Labute approximate surface area is 108 Å². The zero-order valence-corrected chi connectivity index (χ0v) is 11.0. The molecule has 0 aliphatic carbocycles. The molecule has 1 spiro atoms. The molecule has 1 N–H and O–H groups in total. The quantitative estimate of drug-likeness (QED) is 0.762. The van der Waals surface area contributed by atoms with Crippen molar-refractivity contribution >= 4 is 5.78 Å². The van der Waals surface area contributed by atoms with E-state index >= 15 is 0 Å². The van der Waals surface area contributed by atoms with Crippen molar-refractivity contribution in [2.45, 2.75) is 32.3 Å². The molecule has 1 aromatic rings. The number of nitrogens with one attached hydrogen (secondary N) is 1. The highest BCUT2D eigenvalue weighted by atomic mass is 16.5. The van der Waals surface area contributed by atoms with Gasteiger partial charge in [0.2, 0.25) is 0 Å². The van der Waals surface area contributed by atoms with E-state index in [-0.39, 0.29) is 11.4 Å². The first kappa shape index (κ1) is 11.7. The molecule has 1 saturated heterocycles. The van der Waals surface area contributed by atoms with Gasteiger partial charge in [0.25, 0.3) is 0 Å². The van der Waals surface area contributed by atoms with Crippen LogP contribution < -0.4 is 10.1 Å². The van der Waals surface area contributed by atoms with Crippen LogP contribution in [0, 0.1) is 12.8 Å². The third kappa shape index (κ3) is 1.74. The Bertz CT molecular complexity index is 497. The lowest BCUT2D eigenvalue weighted by atomic mass is 9.76. The second-order valence-corrected chi connectivity index (χ2v) is 5.62. The third-order valence-electron chi connectivity index (χ3n) is 4.28. The van der Waals surface area contributed by atoms with Crippen molar-refractivity contribution in [2.75, 3.05) is 13.1 Å². The Hall–Kier alpha value is -1.35. The Balaban J connectivity index is 2.00. The Morgan fingerprint density at radius 3 is 3.06 bits per heavy atom. The van der Waals surface area contributed by atoms with Crippen LogP contribution in [-0.4, -0.2) is 24.5 Å². The number of benzene rings is 1. The van der Waals surface area contributed by atoms with Gasteiger partial charge in [-0.1, -0.05) is 18.6 Å². The number of Topliss-reactive ketones (excluding diaryl/α,β-unsaturated/α-hetero) is 1. The van der Waals surface area contributed by atoms with E-state index in [0.29, 0.717) is 12.3 Å². The number of aryl methyl sites for hydroxylation is 1. The van der Waals surface area contributed by atoms with Gasteiger partial charge in [0, 0.05) is 18.9 Å². The molecule has 0 bridgehead atoms. The molecular formula is C15H19NO2. The molecule has 1 aromatic carbocycles. The van der Waals surface area contributed by atoms with E-state index in [4.69, 9.17) is 4.74 Å². The number of ketones is 1. The molecule has 2 unspecified atom stereocenters. The minimum absolute atomic E-state index is 0.230. The number of fused-ring (bicyclic) bond motifs is 1. The smallest absolute Gasteiger partial charge is 0.170 e. The number of hydrogen-bond donors (Lipinski definition) is 1. The number of piperidine rings is 1. The minimum atomic E-state index is -0.287. The van der Waals surface area contributed by atoms with Gasteiger partial charge in [0.1, 0.15) is 11.4 Å². The van der Waals surface area contributed by atoms with Gasteiger partial charge in [-0.15, -0.1) is 0 Å². The van der Waals surface area contributed by atoms with Crippen LogP contribution in [0.3, 0.4) is 0 Å². The lowest BCUT2D eigenvalue weighted by Crippen LogP contribution is -2.55. The molecule has 1 fully saturated rings. The van der Waals surface area contributed by atoms with Crippen molar-refractivity contribution in [3.8, 4) is 5.75 Å². The number of carbonyl (C=O) groups is 1. The molecule has 2 aliphatic heterocycles. The zero-order valence-electron chi connectivity index (χ0n) is 11.0. The number of carbonyl (C=O) groups excluding carboxylic acids is 1. The first-order valence-corrected chi connectivity index (χ1v) is 6.64. The predicted molar refractivity (Wildman–Crippen MR) is 70.1 cm³/mol. The molecule has 3 rings (SSSR count).